The average molecular weight is 260 g/mol. The number of hydrogen-bond acceptors (Lipinski definition) is 4. The van der Waals surface area contributed by atoms with E-state index in [-0.39, 0.29) is 11.9 Å². The SMILES string of the molecule is Cc1nc([C@@H]2CCCCN2C(=O)c2ccn[nH]2)n[nH]1. The number of piperidine rings is 1. The summed E-state index contributed by atoms with van der Waals surface area (Å²) < 4.78 is 0. The Morgan fingerprint density at radius 2 is 2.32 bits per heavy atom. The maximum Gasteiger partial charge on any atom is 0.272 e. The molecule has 0 bridgehead atoms. The van der Waals surface area contributed by atoms with Gasteiger partial charge in [0, 0.05) is 12.7 Å². The monoisotopic (exact) mass is 260 g/mol. The summed E-state index contributed by atoms with van der Waals surface area (Å²) in [6, 6.07) is 1.64. The lowest BCUT2D eigenvalue weighted by molar-refractivity contribution is 0.0594. The molecule has 2 N–H and O–H groups in total. The van der Waals surface area contributed by atoms with E-state index in [1.165, 1.54) is 0 Å². The molecule has 0 aliphatic carbocycles. The fourth-order valence-corrected chi connectivity index (χ4v) is 2.48. The molecule has 0 radical (unpaired) electrons. The molecule has 0 saturated carbocycles. The predicted octanol–water partition coefficient (Wildman–Crippen LogP) is 1.20. The number of rotatable bonds is 2. The van der Waals surface area contributed by atoms with Gasteiger partial charge in [-0.25, -0.2) is 4.98 Å². The minimum absolute atomic E-state index is 0.0374. The van der Waals surface area contributed by atoms with Gasteiger partial charge in [0.1, 0.15) is 11.5 Å². The van der Waals surface area contributed by atoms with Crippen LogP contribution in [0.15, 0.2) is 12.3 Å². The predicted molar refractivity (Wildman–Crippen MR) is 67.3 cm³/mol. The molecule has 7 nitrogen and oxygen atoms in total. The number of nitrogens with one attached hydrogen (secondary N) is 2. The Balaban J connectivity index is 1.87. The van der Waals surface area contributed by atoms with Crippen molar-refractivity contribution in [1.29, 1.82) is 0 Å². The number of carbonyl (C=O) groups is 1. The molecule has 3 heterocycles. The third-order valence-corrected chi connectivity index (χ3v) is 3.41. The molecule has 1 atom stereocenters. The summed E-state index contributed by atoms with van der Waals surface area (Å²) in [5.74, 6) is 1.43. The van der Waals surface area contributed by atoms with Crippen molar-refractivity contribution in [2.24, 2.45) is 0 Å². The van der Waals surface area contributed by atoms with Crippen LogP contribution < -0.4 is 0 Å². The summed E-state index contributed by atoms with van der Waals surface area (Å²) in [6.07, 6.45) is 4.59. The van der Waals surface area contributed by atoms with Crippen molar-refractivity contribution in [3.8, 4) is 0 Å². The molecule has 1 aliphatic rings. The summed E-state index contributed by atoms with van der Waals surface area (Å²) in [5, 5.41) is 13.6. The highest BCUT2D eigenvalue weighted by Gasteiger charge is 2.31. The molecule has 100 valence electrons. The largest absolute Gasteiger partial charge is 0.327 e. The van der Waals surface area contributed by atoms with E-state index in [1.807, 2.05) is 11.8 Å². The zero-order valence-corrected chi connectivity index (χ0v) is 10.8. The molecule has 19 heavy (non-hydrogen) atoms. The standard InChI is InChI=1S/C12H16N6O/c1-8-14-11(17-15-8)10-4-2-3-7-18(10)12(19)9-5-6-13-16-9/h5-6,10H,2-4,7H2,1H3,(H,13,16)(H,14,15,17)/t10-/m0/s1. The van der Waals surface area contributed by atoms with Gasteiger partial charge in [-0.15, -0.1) is 0 Å². The zero-order valence-electron chi connectivity index (χ0n) is 10.8. The first kappa shape index (κ1) is 11.9. The van der Waals surface area contributed by atoms with E-state index in [0.29, 0.717) is 11.5 Å². The smallest absolute Gasteiger partial charge is 0.272 e. The van der Waals surface area contributed by atoms with Gasteiger partial charge >= 0.3 is 0 Å². The van der Waals surface area contributed by atoms with Crippen LogP contribution in [0.5, 0.6) is 0 Å². The molecule has 0 unspecified atom stereocenters. The fraction of sp³-hybridized carbons (Fsp3) is 0.500. The molecule has 0 aromatic carbocycles. The Hall–Kier alpha value is -2.18. The lowest BCUT2D eigenvalue weighted by Gasteiger charge is -2.33. The van der Waals surface area contributed by atoms with Gasteiger partial charge in [0.25, 0.3) is 5.91 Å². The van der Waals surface area contributed by atoms with Gasteiger partial charge in [-0.1, -0.05) is 0 Å². The highest BCUT2D eigenvalue weighted by molar-refractivity contribution is 5.92. The number of amides is 1. The van der Waals surface area contributed by atoms with E-state index >= 15 is 0 Å². The third-order valence-electron chi connectivity index (χ3n) is 3.41. The average Bonchev–Trinajstić information content (AvgIpc) is 3.09. The first-order valence-electron chi connectivity index (χ1n) is 6.45. The van der Waals surface area contributed by atoms with Crippen LogP contribution >= 0.6 is 0 Å². The Labute approximate surface area is 110 Å². The van der Waals surface area contributed by atoms with E-state index in [1.54, 1.807) is 12.3 Å². The first-order valence-corrected chi connectivity index (χ1v) is 6.45. The quantitative estimate of drug-likeness (QED) is 0.849. The van der Waals surface area contributed by atoms with Crippen LogP contribution in [-0.2, 0) is 0 Å². The van der Waals surface area contributed by atoms with Crippen molar-refractivity contribution in [2.75, 3.05) is 6.54 Å². The Kier molecular flexibility index (Phi) is 3.02. The fourth-order valence-electron chi connectivity index (χ4n) is 2.48. The summed E-state index contributed by atoms with van der Waals surface area (Å²) in [7, 11) is 0. The summed E-state index contributed by atoms with van der Waals surface area (Å²) in [6.45, 7) is 2.59. The second-order valence-corrected chi connectivity index (χ2v) is 4.76. The second kappa shape index (κ2) is 4.83. The Morgan fingerprint density at radius 3 is 3.00 bits per heavy atom. The molecule has 2 aromatic rings. The number of H-pyrrole nitrogens is 2. The number of aryl methyl sites for hydroxylation is 1. The van der Waals surface area contributed by atoms with Crippen LogP contribution in [0, 0.1) is 6.92 Å². The van der Waals surface area contributed by atoms with Gasteiger partial charge < -0.3 is 4.90 Å². The van der Waals surface area contributed by atoms with Crippen molar-refractivity contribution in [3.63, 3.8) is 0 Å². The minimum atomic E-state index is -0.0468. The summed E-state index contributed by atoms with van der Waals surface area (Å²) >= 11 is 0. The number of aromatic amines is 2. The Morgan fingerprint density at radius 1 is 1.42 bits per heavy atom. The lowest BCUT2D eigenvalue weighted by Crippen LogP contribution is -2.39. The van der Waals surface area contributed by atoms with Gasteiger partial charge in [-0.05, 0) is 32.3 Å². The lowest BCUT2D eigenvalue weighted by atomic mass is 10.0. The van der Waals surface area contributed by atoms with E-state index < -0.39 is 0 Å². The van der Waals surface area contributed by atoms with Gasteiger partial charge in [0.15, 0.2) is 5.82 Å². The summed E-state index contributed by atoms with van der Waals surface area (Å²) in [4.78, 5) is 18.6. The van der Waals surface area contributed by atoms with Crippen LogP contribution in [0.2, 0.25) is 0 Å². The highest BCUT2D eigenvalue weighted by atomic mass is 16.2. The van der Waals surface area contributed by atoms with E-state index in [9.17, 15) is 4.79 Å². The van der Waals surface area contributed by atoms with E-state index in [0.717, 1.165) is 31.6 Å². The van der Waals surface area contributed by atoms with Crippen molar-refractivity contribution in [1.82, 2.24) is 30.3 Å². The van der Waals surface area contributed by atoms with E-state index in [2.05, 4.69) is 25.4 Å². The van der Waals surface area contributed by atoms with Crippen LogP contribution in [-0.4, -0.2) is 42.7 Å². The molecular formula is C12H16N6O. The van der Waals surface area contributed by atoms with Gasteiger partial charge in [0.2, 0.25) is 0 Å². The van der Waals surface area contributed by atoms with Gasteiger partial charge in [-0.2, -0.15) is 10.2 Å². The van der Waals surface area contributed by atoms with Crippen molar-refractivity contribution in [3.05, 3.63) is 29.6 Å². The molecule has 1 aliphatic heterocycles. The molecule has 0 spiro atoms. The second-order valence-electron chi connectivity index (χ2n) is 4.76. The van der Waals surface area contributed by atoms with Gasteiger partial charge in [-0.3, -0.25) is 15.0 Å². The first-order chi connectivity index (χ1) is 9.25. The molecular weight excluding hydrogens is 244 g/mol. The molecule has 1 fully saturated rings. The van der Waals surface area contributed by atoms with Crippen LogP contribution in [0.3, 0.4) is 0 Å². The van der Waals surface area contributed by atoms with Crippen molar-refractivity contribution in [2.45, 2.75) is 32.2 Å². The number of hydrogen-bond donors (Lipinski definition) is 2. The zero-order chi connectivity index (χ0) is 13.2. The molecule has 3 rings (SSSR count). The van der Waals surface area contributed by atoms with E-state index in [4.69, 9.17) is 0 Å². The normalized spacial score (nSPS) is 19.6. The number of likely N-dealkylation sites (tertiary alicyclic amines) is 1. The molecule has 1 amide bonds. The minimum Gasteiger partial charge on any atom is -0.327 e. The third kappa shape index (κ3) is 2.23. The molecule has 2 aromatic heterocycles. The van der Waals surface area contributed by atoms with Crippen molar-refractivity contribution >= 4 is 5.91 Å². The maximum atomic E-state index is 12.4. The molecule has 7 heteroatoms. The summed E-state index contributed by atoms with van der Waals surface area (Å²) in [5.41, 5.74) is 0.513. The van der Waals surface area contributed by atoms with Crippen LogP contribution in [0.25, 0.3) is 0 Å². The molecule has 1 saturated heterocycles. The van der Waals surface area contributed by atoms with Crippen LogP contribution in [0.4, 0.5) is 0 Å². The Bertz CT molecular complexity index is 561. The number of aromatic nitrogens is 5. The van der Waals surface area contributed by atoms with Crippen LogP contribution in [0.1, 0.15) is 47.4 Å². The van der Waals surface area contributed by atoms with Crippen molar-refractivity contribution < 1.29 is 4.79 Å². The topological polar surface area (TPSA) is 90.6 Å². The highest BCUT2D eigenvalue weighted by Crippen LogP contribution is 2.29. The number of nitrogens with zero attached hydrogens (tertiary/aromatic N) is 4. The van der Waals surface area contributed by atoms with Gasteiger partial charge in [0.05, 0.1) is 6.04 Å². The number of carbonyl (C=O) groups excluding carboxylic acids is 1. The maximum absolute atomic E-state index is 12.4.